The fourth-order valence-electron chi connectivity index (χ4n) is 2.78. The number of carbonyl (C=O) groups excluding carboxylic acids is 1. The van der Waals surface area contributed by atoms with Gasteiger partial charge in [0.2, 0.25) is 17.7 Å². The summed E-state index contributed by atoms with van der Waals surface area (Å²) in [5, 5.41) is 2.58. The zero-order valence-electron chi connectivity index (χ0n) is 14.5. The quantitative estimate of drug-likeness (QED) is 0.793. The van der Waals surface area contributed by atoms with Gasteiger partial charge in [-0.15, -0.1) is 0 Å². The average Bonchev–Trinajstić information content (AvgIpc) is 3.11. The van der Waals surface area contributed by atoms with Crippen LogP contribution in [0.3, 0.4) is 0 Å². The highest BCUT2D eigenvalue weighted by Gasteiger charge is 2.32. The Morgan fingerprint density at radius 3 is 3.00 bits per heavy atom. The van der Waals surface area contributed by atoms with Crippen molar-refractivity contribution in [2.45, 2.75) is 32.6 Å². The summed E-state index contributed by atoms with van der Waals surface area (Å²) >= 11 is 0. The molecule has 134 valence electrons. The van der Waals surface area contributed by atoms with E-state index < -0.39 is 6.23 Å². The summed E-state index contributed by atoms with van der Waals surface area (Å²) in [6.07, 6.45) is 1.84. The lowest BCUT2D eigenvalue weighted by atomic mass is 10.2. The molecule has 1 saturated heterocycles. The molecule has 25 heavy (non-hydrogen) atoms. The number of imidazole rings is 1. The van der Waals surface area contributed by atoms with E-state index in [9.17, 15) is 4.79 Å². The van der Waals surface area contributed by atoms with E-state index in [0.717, 1.165) is 5.57 Å². The van der Waals surface area contributed by atoms with Gasteiger partial charge >= 0.3 is 0 Å². The number of ether oxygens (including phenoxy) is 3. The second-order valence-corrected chi connectivity index (χ2v) is 5.72. The summed E-state index contributed by atoms with van der Waals surface area (Å²) in [5.74, 6) is 0.198. The summed E-state index contributed by atoms with van der Waals surface area (Å²) < 4.78 is 18.5. The zero-order valence-corrected chi connectivity index (χ0v) is 14.5. The maximum absolute atomic E-state index is 11.4. The molecule has 0 spiro atoms. The lowest BCUT2D eigenvalue weighted by molar-refractivity contribution is -0.114. The number of anilines is 1. The molecule has 1 unspecified atom stereocenters. The van der Waals surface area contributed by atoms with Crippen LogP contribution >= 0.6 is 0 Å². The molecule has 3 rings (SSSR count). The van der Waals surface area contributed by atoms with Gasteiger partial charge in [-0.25, -0.2) is 4.98 Å². The van der Waals surface area contributed by atoms with Gasteiger partial charge in [-0.3, -0.25) is 14.7 Å². The molecule has 2 aromatic rings. The lowest BCUT2D eigenvalue weighted by Crippen LogP contribution is -2.16. The molecule has 2 atom stereocenters. The van der Waals surface area contributed by atoms with Crippen LogP contribution in [-0.4, -0.2) is 51.9 Å². The van der Waals surface area contributed by atoms with Crippen molar-refractivity contribution in [3.63, 3.8) is 0 Å². The Labute approximate surface area is 145 Å². The second kappa shape index (κ2) is 7.16. The first-order valence-corrected chi connectivity index (χ1v) is 8.00. The molecule has 0 saturated carbocycles. The van der Waals surface area contributed by atoms with Crippen LogP contribution in [0, 0.1) is 0 Å². The summed E-state index contributed by atoms with van der Waals surface area (Å²) in [4.78, 5) is 24.3. The van der Waals surface area contributed by atoms with Crippen molar-refractivity contribution in [3.05, 3.63) is 18.5 Å². The fraction of sp³-hybridized carbons (Fsp3) is 0.500. The van der Waals surface area contributed by atoms with Crippen LogP contribution in [-0.2, 0) is 14.3 Å². The standard InChI is InChI=1S/C16H21N5O4/c1-5-24-14-12-13(19-16(20-14)18-10(3)22)21(8-17-12)15-9(2)6-11(25-15)7-23-4/h8,11,15H,2,5-7H2,1,3-4H3,(H,18,19,20,22)/t11?,15-/m1/s1. The predicted molar refractivity (Wildman–Crippen MR) is 90.3 cm³/mol. The molecule has 0 radical (unpaired) electrons. The van der Waals surface area contributed by atoms with Crippen LogP contribution in [0.15, 0.2) is 18.5 Å². The molecule has 1 aliphatic rings. The normalized spacial score (nSPS) is 20.2. The maximum Gasteiger partial charge on any atom is 0.247 e. The second-order valence-electron chi connectivity index (χ2n) is 5.72. The van der Waals surface area contributed by atoms with Crippen molar-refractivity contribution in [1.82, 2.24) is 19.5 Å². The molecule has 3 heterocycles. The molecule has 1 aliphatic heterocycles. The highest BCUT2D eigenvalue weighted by Crippen LogP contribution is 2.35. The Balaban J connectivity index is 2.03. The molecule has 0 bridgehead atoms. The molecular formula is C16H21N5O4. The van der Waals surface area contributed by atoms with Crippen LogP contribution in [0.2, 0.25) is 0 Å². The third kappa shape index (κ3) is 3.47. The molecule has 1 fully saturated rings. The van der Waals surface area contributed by atoms with E-state index in [0.29, 0.717) is 36.7 Å². The van der Waals surface area contributed by atoms with Crippen LogP contribution in [0.5, 0.6) is 5.88 Å². The highest BCUT2D eigenvalue weighted by molar-refractivity contribution is 5.88. The largest absolute Gasteiger partial charge is 0.476 e. The van der Waals surface area contributed by atoms with Gasteiger partial charge in [-0.2, -0.15) is 9.97 Å². The Bertz CT molecular complexity index is 803. The Hall–Kier alpha value is -2.52. The van der Waals surface area contributed by atoms with E-state index in [2.05, 4.69) is 26.8 Å². The minimum Gasteiger partial charge on any atom is -0.476 e. The third-order valence-corrected chi connectivity index (χ3v) is 3.72. The Morgan fingerprint density at radius 2 is 2.32 bits per heavy atom. The number of carbonyl (C=O) groups is 1. The van der Waals surface area contributed by atoms with Crippen LogP contribution in [0.1, 0.15) is 26.5 Å². The van der Waals surface area contributed by atoms with Crippen LogP contribution in [0.4, 0.5) is 5.95 Å². The SMILES string of the molecule is C=C1CC(COC)O[C@H]1n1cnc2c(OCC)nc(NC(C)=O)nc21. The first-order chi connectivity index (χ1) is 12.0. The van der Waals surface area contributed by atoms with Crippen molar-refractivity contribution >= 4 is 23.0 Å². The van der Waals surface area contributed by atoms with Gasteiger partial charge in [-0.05, 0) is 12.5 Å². The number of nitrogens with one attached hydrogen (secondary N) is 1. The summed E-state index contributed by atoms with van der Waals surface area (Å²) in [7, 11) is 1.63. The zero-order chi connectivity index (χ0) is 18.0. The monoisotopic (exact) mass is 347 g/mol. The summed E-state index contributed by atoms with van der Waals surface area (Å²) in [5.41, 5.74) is 1.91. The number of rotatable bonds is 6. The van der Waals surface area contributed by atoms with E-state index in [4.69, 9.17) is 14.2 Å². The minimum atomic E-state index is -0.403. The lowest BCUT2D eigenvalue weighted by Gasteiger charge is -2.15. The molecule has 1 amide bonds. The number of methoxy groups -OCH3 is 1. The van der Waals surface area contributed by atoms with Gasteiger partial charge in [0.15, 0.2) is 17.4 Å². The Morgan fingerprint density at radius 1 is 1.52 bits per heavy atom. The summed E-state index contributed by atoms with van der Waals surface area (Å²) in [6.45, 7) is 8.23. The van der Waals surface area contributed by atoms with Crippen molar-refractivity contribution < 1.29 is 19.0 Å². The third-order valence-electron chi connectivity index (χ3n) is 3.72. The van der Waals surface area contributed by atoms with Gasteiger partial charge in [0.1, 0.15) is 0 Å². The van der Waals surface area contributed by atoms with Gasteiger partial charge in [0.05, 0.1) is 25.6 Å². The van der Waals surface area contributed by atoms with Gasteiger partial charge in [0.25, 0.3) is 0 Å². The van der Waals surface area contributed by atoms with E-state index in [-0.39, 0.29) is 18.0 Å². The number of fused-ring (bicyclic) bond motifs is 1. The van der Waals surface area contributed by atoms with Crippen molar-refractivity contribution in [1.29, 1.82) is 0 Å². The van der Waals surface area contributed by atoms with E-state index in [1.165, 1.54) is 6.92 Å². The van der Waals surface area contributed by atoms with Gasteiger partial charge in [0, 0.05) is 20.5 Å². The number of hydrogen-bond acceptors (Lipinski definition) is 7. The average molecular weight is 347 g/mol. The molecule has 9 nitrogen and oxygen atoms in total. The number of aromatic nitrogens is 4. The molecule has 2 aromatic heterocycles. The topological polar surface area (TPSA) is 100 Å². The molecule has 0 aliphatic carbocycles. The first kappa shape index (κ1) is 17.3. The molecule has 0 aromatic carbocycles. The smallest absolute Gasteiger partial charge is 0.247 e. The minimum absolute atomic E-state index is 0.0667. The summed E-state index contributed by atoms with van der Waals surface area (Å²) in [6, 6.07) is 0. The van der Waals surface area contributed by atoms with Crippen LogP contribution < -0.4 is 10.1 Å². The van der Waals surface area contributed by atoms with E-state index in [1.807, 2.05) is 6.92 Å². The molecule has 9 heteroatoms. The van der Waals surface area contributed by atoms with Crippen molar-refractivity contribution in [2.24, 2.45) is 0 Å². The number of amides is 1. The van der Waals surface area contributed by atoms with Gasteiger partial charge in [-0.1, -0.05) is 6.58 Å². The van der Waals surface area contributed by atoms with Crippen molar-refractivity contribution in [2.75, 3.05) is 25.6 Å². The van der Waals surface area contributed by atoms with Crippen LogP contribution in [0.25, 0.3) is 11.2 Å². The Kier molecular flexibility index (Phi) is 4.95. The van der Waals surface area contributed by atoms with Crippen molar-refractivity contribution in [3.8, 4) is 5.88 Å². The number of hydrogen-bond donors (Lipinski definition) is 1. The highest BCUT2D eigenvalue weighted by atomic mass is 16.5. The van der Waals surface area contributed by atoms with E-state index >= 15 is 0 Å². The predicted octanol–water partition coefficient (Wildman–Crippen LogP) is 1.67. The fourth-order valence-corrected chi connectivity index (χ4v) is 2.78. The number of nitrogens with zero attached hydrogens (tertiary/aromatic N) is 4. The first-order valence-electron chi connectivity index (χ1n) is 8.00. The maximum atomic E-state index is 11.4. The molecule has 1 N–H and O–H groups in total. The van der Waals surface area contributed by atoms with E-state index in [1.54, 1.807) is 18.0 Å². The van der Waals surface area contributed by atoms with Gasteiger partial charge < -0.3 is 14.2 Å². The molecular weight excluding hydrogens is 326 g/mol.